The first kappa shape index (κ1) is 13.3. The van der Waals surface area contributed by atoms with E-state index in [4.69, 9.17) is 22.7 Å². The zero-order chi connectivity index (χ0) is 14.8. The topological polar surface area (TPSA) is 105 Å². The molecule has 1 aromatic carbocycles. The molecule has 0 spiro atoms. The minimum absolute atomic E-state index is 0.0937. The van der Waals surface area contributed by atoms with Gasteiger partial charge in [0, 0.05) is 5.02 Å². The van der Waals surface area contributed by atoms with Crippen LogP contribution < -0.4 is 11.3 Å². The highest BCUT2D eigenvalue weighted by atomic mass is 35.5. The van der Waals surface area contributed by atoms with Gasteiger partial charge in [-0.1, -0.05) is 11.6 Å². The van der Waals surface area contributed by atoms with Crippen molar-refractivity contribution in [2.75, 3.05) is 5.43 Å². The molecule has 0 aliphatic rings. The fraction of sp³-hybridized carbons (Fsp3) is 0.0769. The standard InChI is InChI=1S/C13H10ClN7/c14-8-1-3-9(4-2-8)21-13-10(7-17-21)12(20-16)18-11(19-13)5-6-15/h1-4,7H,5,16H2,(H,18,19,20). The number of anilines is 1. The van der Waals surface area contributed by atoms with Crippen molar-refractivity contribution in [3.05, 3.63) is 41.3 Å². The molecule has 0 aliphatic heterocycles. The van der Waals surface area contributed by atoms with Crippen LogP contribution in [0.2, 0.25) is 5.02 Å². The Labute approximate surface area is 125 Å². The molecule has 0 unspecified atom stereocenters. The van der Waals surface area contributed by atoms with Crippen molar-refractivity contribution >= 4 is 28.5 Å². The van der Waals surface area contributed by atoms with E-state index in [0.717, 1.165) is 5.69 Å². The number of nitriles is 1. The highest BCUT2D eigenvalue weighted by molar-refractivity contribution is 6.30. The highest BCUT2D eigenvalue weighted by Crippen LogP contribution is 2.23. The van der Waals surface area contributed by atoms with Gasteiger partial charge in [-0.3, -0.25) is 0 Å². The Bertz CT molecular complexity index is 832. The summed E-state index contributed by atoms with van der Waals surface area (Å²) in [5, 5.41) is 14.4. The molecule has 0 atom stereocenters. The smallest absolute Gasteiger partial charge is 0.168 e. The van der Waals surface area contributed by atoms with Crippen LogP contribution in [-0.2, 0) is 6.42 Å². The lowest BCUT2D eigenvalue weighted by atomic mass is 10.3. The van der Waals surface area contributed by atoms with E-state index in [1.807, 2.05) is 18.2 Å². The summed E-state index contributed by atoms with van der Waals surface area (Å²) in [6.07, 6.45) is 1.71. The van der Waals surface area contributed by atoms with E-state index in [-0.39, 0.29) is 6.42 Å². The summed E-state index contributed by atoms with van der Waals surface area (Å²) < 4.78 is 1.65. The van der Waals surface area contributed by atoms with Crippen molar-refractivity contribution in [3.8, 4) is 11.8 Å². The van der Waals surface area contributed by atoms with Crippen LogP contribution in [0.1, 0.15) is 5.82 Å². The van der Waals surface area contributed by atoms with Crippen LogP contribution in [0, 0.1) is 11.3 Å². The molecule has 0 saturated carbocycles. The molecule has 0 fully saturated rings. The molecule has 104 valence electrons. The number of nitrogens with zero attached hydrogens (tertiary/aromatic N) is 5. The lowest BCUT2D eigenvalue weighted by Crippen LogP contribution is -2.11. The number of hydrazine groups is 1. The third-order valence-corrected chi connectivity index (χ3v) is 3.17. The summed E-state index contributed by atoms with van der Waals surface area (Å²) >= 11 is 5.89. The van der Waals surface area contributed by atoms with Crippen LogP contribution in [0.15, 0.2) is 30.5 Å². The number of benzene rings is 1. The Kier molecular flexibility index (Phi) is 3.39. The Morgan fingerprint density at radius 2 is 2.05 bits per heavy atom. The van der Waals surface area contributed by atoms with E-state index in [9.17, 15) is 0 Å². The van der Waals surface area contributed by atoms with Crippen molar-refractivity contribution in [1.82, 2.24) is 19.7 Å². The minimum Gasteiger partial charge on any atom is -0.308 e. The number of hydrogen-bond donors (Lipinski definition) is 2. The molecular weight excluding hydrogens is 290 g/mol. The molecule has 21 heavy (non-hydrogen) atoms. The normalized spacial score (nSPS) is 10.5. The van der Waals surface area contributed by atoms with Crippen LogP contribution in [0.25, 0.3) is 16.7 Å². The van der Waals surface area contributed by atoms with Crippen LogP contribution >= 0.6 is 11.6 Å². The van der Waals surface area contributed by atoms with Crippen molar-refractivity contribution < 1.29 is 0 Å². The van der Waals surface area contributed by atoms with Crippen LogP contribution in [0.3, 0.4) is 0 Å². The van der Waals surface area contributed by atoms with Gasteiger partial charge < -0.3 is 5.43 Å². The average Bonchev–Trinajstić information content (AvgIpc) is 2.91. The van der Waals surface area contributed by atoms with Crippen molar-refractivity contribution in [3.63, 3.8) is 0 Å². The fourth-order valence-electron chi connectivity index (χ4n) is 1.98. The van der Waals surface area contributed by atoms with Crippen LogP contribution in [-0.4, -0.2) is 19.7 Å². The van der Waals surface area contributed by atoms with E-state index in [1.54, 1.807) is 23.0 Å². The van der Waals surface area contributed by atoms with E-state index in [2.05, 4.69) is 20.5 Å². The molecule has 0 amide bonds. The quantitative estimate of drug-likeness (QED) is 0.564. The number of fused-ring (bicyclic) bond motifs is 1. The van der Waals surface area contributed by atoms with Gasteiger partial charge in [-0.15, -0.1) is 0 Å². The molecule has 2 heterocycles. The first-order chi connectivity index (χ1) is 10.2. The molecule has 0 bridgehead atoms. The molecule has 0 aliphatic carbocycles. The summed E-state index contributed by atoms with van der Waals surface area (Å²) in [6, 6.07) is 9.21. The number of hydrogen-bond acceptors (Lipinski definition) is 6. The van der Waals surface area contributed by atoms with Gasteiger partial charge in [-0.05, 0) is 24.3 Å². The summed E-state index contributed by atoms with van der Waals surface area (Å²) in [7, 11) is 0. The Morgan fingerprint density at radius 3 is 2.71 bits per heavy atom. The molecule has 0 radical (unpaired) electrons. The third-order valence-electron chi connectivity index (χ3n) is 2.92. The molecule has 3 aromatic rings. The largest absolute Gasteiger partial charge is 0.308 e. The number of rotatable bonds is 3. The SMILES string of the molecule is N#CCc1nc(NN)c2cnn(-c3ccc(Cl)cc3)c2n1. The second-order valence-electron chi connectivity index (χ2n) is 4.24. The summed E-state index contributed by atoms with van der Waals surface area (Å²) in [5.74, 6) is 6.29. The van der Waals surface area contributed by atoms with Gasteiger partial charge in [0.25, 0.3) is 0 Å². The minimum atomic E-state index is 0.0937. The number of halogens is 1. The summed E-state index contributed by atoms with van der Waals surface area (Å²) in [4.78, 5) is 8.56. The first-order valence-corrected chi connectivity index (χ1v) is 6.45. The Morgan fingerprint density at radius 1 is 1.29 bits per heavy atom. The second-order valence-corrected chi connectivity index (χ2v) is 4.67. The zero-order valence-electron chi connectivity index (χ0n) is 10.8. The second kappa shape index (κ2) is 5.36. The van der Waals surface area contributed by atoms with Gasteiger partial charge in [0.15, 0.2) is 11.5 Å². The van der Waals surface area contributed by atoms with Gasteiger partial charge in [0.05, 0.1) is 29.8 Å². The van der Waals surface area contributed by atoms with Gasteiger partial charge in [-0.25, -0.2) is 20.5 Å². The predicted molar refractivity (Wildman–Crippen MR) is 78.8 cm³/mol. The maximum atomic E-state index is 8.80. The van der Waals surface area contributed by atoms with Crippen molar-refractivity contribution in [1.29, 1.82) is 5.26 Å². The highest BCUT2D eigenvalue weighted by Gasteiger charge is 2.13. The van der Waals surface area contributed by atoms with Gasteiger partial charge in [0.1, 0.15) is 5.82 Å². The molecular formula is C13H10ClN7. The maximum absolute atomic E-state index is 8.80. The molecule has 3 rings (SSSR count). The first-order valence-electron chi connectivity index (χ1n) is 6.07. The Balaban J connectivity index is 2.22. The predicted octanol–water partition coefficient (Wildman–Crippen LogP) is 1.82. The third kappa shape index (κ3) is 2.38. The molecule has 2 aromatic heterocycles. The van der Waals surface area contributed by atoms with Crippen molar-refractivity contribution in [2.24, 2.45) is 5.84 Å². The van der Waals surface area contributed by atoms with E-state index in [0.29, 0.717) is 27.7 Å². The summed E-state index contributed by atoms with van der Waals surface area (Å²) in [5.41, 5.74) is 3.89. The lowest BCUT2D eigenvalue weighted by Gasteiger charge is -2.06. The van der Waals surface area contributed by atoms with Gasteiger partial charge in [0.2, 0.25) is 0 Å². The van der Waals surface area contributed by atoms with Crippen LogP contribution in [0.4, 0.5) is 5.82 Å². The van der Waals surface area contributed by atoms with Crippen molar-refractivity contribution in [2.45, 2.75) is 6.42 Å². The number of nitrogen functional groups attached to an aromatic ring is 1. The molecule has 7 nitrogen and oxygen atoms in total. The van der Waals surface area contributed by atoms with Crippen LogP contribution in [0.5, 0.6) is 0 Å². The molecule has 0 saturated heterocycles. The van der Waals surface area contributed by atoms with E-state index >= 15 is 0 Å². The maximum Gasteiger partial charge on any atom is 0.168 e. The number of aromatic nitrogens is 4. The van der Waals surface area contributed by atoms with Gasteiger partial charge in [-0.2, -0.15) is 10.4 Å². The monoisotopic (exact) mass is 299 g/mol. The Hall–Kier alpha value is -2.69. The van der Waals surface area contributed by atoms with Gasteiger partial charge >= 0.3 is 0 Å². The fourth-order valence-corrected chi connectivity index (χ4v) is 2.11. The lowest BCUT2D eigenvalue weighted by molar-refractivity contribution is 0.885. The molecule has 3 N–H and O–H groups in total. The zero-order valence-corrected chi connectivity index (χ0v) is 11.5. The van der Waals surface area contributed by atoms with E-state index in [1.165, 1.54) is 0 Å². The summed E-state index contributed by atoms with van der Waals surface area (Å²) in [6.45, 7) is 0. The molecule has 8 heteroatoms. The van der Waals surface area contributed by atoms with E-state index < -0.39 is 0 Å². The number of nitrogens with one attached hydrogen (secondary N) is 1. The average molecular weight is 300 g/mol. The number of nitrogens with two attached hydrogens (primary N) is 1.